The Hall–Kier alpha value is -2.63. The van der Waals surface area contributed by atoms with E-state index in [2.05, 4.69) is 10.3 Å². The fraction of sp³-hybridized carbons (Fsp3) is 0.154. The van der Waals surface area contributed by atoms with Crippen molar-refractivity contribution < 1.29 is 15.1 Å². The highest BCUT2D eigenvalue weighted by Crippen LogP contribution is 2.12. The van der Waals surface area contributed by atoms with Crippen molar-refractivity contribution in [3.8, 4) is 5.69 Å². The molecular formula is C13H13N3O3. The van der Waals surface area contributed by atoms with Crippen molar-refractivity contribution in [2.24, 2.45) is 5.16 Å². The average Bonchev–Trinajstić information content (AvgIpc) is 2.94. The average molecular weight is 259 g/mol. The number of aliphatic carboxylic acids is 1. The van der Waals surface area contributed by atoms with E-state index in [1.165, 1.54) is 0 Å². The molecule has 1 heterocycles. The van der Waals surface area contributed by atoms with Crippen molar-refractivity contribution in [1.29, 1.82) is 0 Å². The Morgan fingerprint density at radius 2 is 2.00 bits per heavy atom. The molecule has 6 nitrogen and oxygen atoms in total. The molecular weight excluding hydrogens is 246 g/mol. The van der Waals surface area contributed by atoms with E-state index in [1.807, 2.05) is 24.4 Å². The van der Waals surface area contributed by atoms with Gasteiger partial charge in [0.2, 0.25) is 0 Å². The second-order valence-corrected chi connectivity index (χ2v) is 3.94. The van der Waals surface area contributed by atoms with Crippen molar-refractivity contribution in [3.05, 3.63) is 48.3 Å². The normalized spacial score (nSPS) is 11.5. The largest absolute Gasteiger partial charge is 0.481 e. The van der Waals surface area contributed by atoms with Gasteiger partial charge in [0.25, 0.3) is 0 Å². The van der Waals surface area contributed by atoms with E-state index in [0.29, 0.717) is 11.3 Å². The van der Waals surface area contributed by atoms with Gasteiger partial charge in [0.05, 0.1) is 17.8 Å². The summed E-state index contributed by atoms with van der Waals surface area (Å²) in [4.78, 5) is 10.5. The lowest BCUT2D eigenvalue weighted by molar-refractivity contribution is -0.136. The van der Waals surface area contributed by atoms with Gasteiger partial charge in [0, 0.05) is 18.8 Å². The first kappa shape index (κ1) is 12.8. The SMILES string of the molecule is O=C(O)CC/C(=N\O)c1ccc(-n2cccn2)cc1. The lowest BCUT2D eigenvalue weighted by atomic mass is 10.1. The first-order valence-electron chi connectivity index (χ1n) is 5.74. The van der Waals surface area contributed by atoms with Crippen LogP contribution in [0.25, 0.3) is 5.69 Å². The monoisotopic (exact) mass is 259 g/mol. The first-order chi connectivity index (χ1) is 9.20. The third-order valence-electron chi connectivity index (χ3n) is 2.67. The lowest BCUT2D eigenvalue weighted by Crippen LogP contribution is -2.05. The highest BCUT2D eigenvalue weighted by Gasteiger charge is 2.07. The van der Waals surface area contributed by atoms with Gasteiger partial charge in [-0.3, -0.25) is 4.79 Å². The van der Waals surface area contributed by atoms with Crippen LogP contribution < -0.4 is 0 Å². The summed E-state index contributed by atoms with van der Waals surface area (Å²) >= 11 is 0. The molecule has 0 saturated heterocycles. The minimum absolute atomic E-state index is 0.0691. The van der Waals surface area contributed by atoms with Gasteiger partial charge in [-0.1, -0.05) is 17.3 Å². The van der Waals surface area contributed by atoms with E-state index in [-0.39, 0.29) is 12.8 Å². The summed E-state index contributed by atoms with van der Waals surface area (Å²) in [5.41, 5.74) is 1.93. The third-order valence-corrected chi connectivity index (χ3v) is 2.67. The molecule has 1 aromatic heterocycles. The summed E-state index contributed by atoms with van der Waals surface area (Å²) in [7, 11) is 0. The molecule has 6 heteroatoms. The molecule has 2 N–H and O–H groups in total. The summed E-state index contributed by atoms with van der Waals surface area (Å²) in [6, 6.07) is 9.02. The first-order valence-corrected chi connectivity index (χ1v) is 5.74. The third kappa shape index (κ3) is 3.19. The van der Waals surface area contributed by atoms with Gasteiger partial charge in [-0.05, 0) is 23.8 Å². The zero-order valence-corrected chi connectivity index (χ0v) is 10.1. The van der Waals surface area contributed by atoms with Crippen molar-refractivity contribution in [3.63, 3.8) is 0 Å². The second-order valence-electron chi connectivity index (χ2n) is 3.94. The summed E-state index contributed by atoms with van der Waals surface area (Å²) in [5, 5.41) is 24.8. The molecule has 0 aliphatic carbocycles. The maximum Gasteiger partial charge on any atom is 0.303 e. The van der Waals surface area contributed by atoms with Crippen LogP contribution in [0.4, 0.5) is 0 Å². The summed E-state index contributed by atoms with van der Waals surface area (Å²) in [5.74, 6) is -0.922. The van der Waals surface area contributed by atoms with E-state index in [1.54, 1.807) is 23.0 Å². The van der Waals surface area contributed by atoms with E-state index in [4.69, 9.17) is 10.3 Å². The number of hydrogen-bond donors (Lipinski definition) is 2. The maximum atomic E-state index is 10.5. The van der Waals surface area contributed by atoms with E-state index >= 15 is 0 Å². The minimum Gasteiger partial charge on any atom is -0.481 e. The van der Waals surface area contributed by atoms with Crippen molar-refractivity contribution in [2.75, 3.05) is 0 Å². The summed E-state index contributed by atoms with van der Waals surface area (Å²) in [6.07, 6.45) is 3.62. The van der Waals surface area contributed by atoms with Crippen molar-refractivity contribution >= 4 is 11.7 Å². The Morgan fingerprint density at radius 1 is 1.26 bits per heavy atom. The van der Waals surface area contributed by atoms with Crippen LogP contribution in [0.15, 0.2) is 47.9 Å². The fourth-order valence-corrected chi connectivity index (χ4v) is 1.71. The van der Waals surface area contributed by atoms with Gasteiger partial charge >= 0.3 is 5.97 Å². The molecule has 0 saturated carbocycles. The predicted octanol–water partition coefficient (Wildman–Crippen LogP) is 1.92. The van der Waals surface area contributed by atoms with E-state index in [9.17, 15) is 4.79 Å². The number of carboxylic acid groups (broad SMARTS) is 1. The summed E-state index contributed by atoms with van der Waals surface area (Å²) in [6.45, 7) is 0. The second kappa shape index (κ2) is 5.81. The molecule has 0 fully saturated rings. The molecule has 0 amide bonds. The minimum atomic E-state index is -0.922. The number of nitrogens with zero attached hydrogens (tertiary/aromatic N) is 3. The Labute approximate surface area is 109 Å². The fourth-order valence-electron chi connectivity index (χ4n) is 1.71. The molecule has 2 rings (SSSR count). The molecule has 0 atom stereocenters. The number of carbonyl (C=O) groups is 1. The Kier molecular flexibility index (Phi) is 3.92. The zero-order chi connectivity index (χ0) is 13.7. The topological polar surface area (TPSA) is 87.7 Å². The molecule has 0 radical (unpaired) electrons. The van der Waals surface area contributed by atoms with Crippen LogP contribution in [0.2, 0.25) is 0 Å². The number of hydrogen-bond acceptors (Lipinski definition) is 4. The Bertz CT molecular complexity index is 574. The van der Waals surface area contributed by atoms with E-state index in [0.717, 1.165) is 5.69 Å². The van der Waals surface area contributed by atoms with Crippen LogP contribution in [-0.2, 0) is 4.79 Å². The maximum absolute atomic E-state index is 10.5. The number of carboxylic acids is 1. The van der Waals surface area contributed by atoms with Crippen LogP contribution in [0.1, 0.15) is 18.4 Å². The standard InChI is InChI=1S/C13H13N3O3/c17-13(18)7-6-12(15-19)10-2-4-11(5-3-10)16-9-1-8-14-16/h1-5,8-9,19H,6-7H2,(H,17,18)/b15-12+. The molecule has 19 heavy (non-hydrogen) atoms. The van der Waals surface area contributed by atoms with Crippen LogP contribution in [-0.4, -0.2) is 31.8 Å². The lowest BCUT2D eigenvalue weighted by Gasteiger charge is -2.05. The molecule has 0 spiro atoms. The zero-order valence-electron chi connectivity index (χ0n) is 10.1. The molecule has 0 aliphatic heterocycles. The summed E-state index contributed by atoms with van der Waals surface area (Å²) < 4.78 is 1.71. The van der Waals surface area contributed by atoms with Gasteiger partial charge in [0.15, 0.2) is 0 Å². The van der Waals surface area contributed by atoms with Crippen LogP contribution in [0.5, 0.6) is 0 Å². The number of aromatic nitrogens is 2. The quantitative estimate of drug-likeness (QED) is 0.488. The number of oxime groups is 1. The van der Waals surface area contributed by atoms with Gasteiger partial charge in [0.1, 0.15) is 0 Å². The van der Waals surface area contributed by atoms with Crippen LogP contribution in [0, 0.1) is 0 Å². The molecule has 2 aromatic rings. The molecule has 0 bridgehead atoms. The van der Waals surface area contributed by atoms with Crippen LogP contribution in [0.3, 0.4) is 0 Å². The Morgan fingerprint density at radius 3 is 2.53 bits per heavy atom. The molecule has 0 unspecified atom stereocenters. The van der Waals surface area contributed by atoms with Gasteiger partial charge in [-0.15, -0.1) is 0 Å². The molecule has 1 aromatic carbocycles. The van der Waals surface area contributed by atoms with Crippen molar-refractivity contribution in [2.45, 2.75) is 12.8 Å². The van der Waals surface area contributed by atoms with Gasteiger partial charge in [-0.25, -0.2) is 4.68 Å². The predicted molar refractivity (Wildman–Crippen MR) is 68.8 cm³/mol. The highest BCUT2D eigenvalue weighted by molar-refractivity contribution is 6.01. The number of benzene rings is 1. The number of rotatable bonds is 5. The van der Waals surface area contributed by atoms with Gasteiger partial charge < -0.3 is 10.3 Å². The van der Waals surface area contributed by atoms with Crippen molar-refractivity contribution in [1.82, 2.24) is 9.78 Å². The molecule has 98 valence electrons. The smallest absolute Gasteiger partial charge is 0.303 e. The highest BCUT2D eigenvalue weighted by atomic mass is 16.4. The van der Waals surface area contributed by atoms with Gasteiger partial charge in [-0.2, -0.15) is 5.10 Å². The molecule has 0 aliphatic rings. The van der Waals surface area contributed by atoms with Crippen LogP contribution >= 0.6 is 0 Å². The van der Waals surface area contributed by atoms with E-state index < -0.39 is 5.97 Å². The Balaban J connectivity index is 2.15.